The number of likely N-dealkylation sites (tertiary alicyclic amines) is 1. The van der Waals surface area contributed by atoms with E-state index in [1.165, 1.54) is 4.90 Å². The van der Waals surface area contributed by atoms with Crippen LogP contribution in [0.1, 0.15) is 32.8 Å². The smallest absolute Gasteiger partial charge is 0.411 e. The molecule has 1 saturated heterocycles. The summed E-state index contributed by atoms with van der Waals surface area (Å²) in [4.78, 5) is 25.9. The summed E-state index contributed by atoms with van der Waals surface area (Å²) in [6.45, 7) is 5.79. The summed E-state index contributed by atoms with van der Waals surface area (Å²) in [6.07, 6.45) is -0.170. The Bertz CT molecular complexity index is 555. The van der Waals surface area contributed by atoms with Crippen LogP contribution in [0.2, 0.25) is 0 Å². The molecule has 1 fully saturated rings. The second-order valence-electron chi connectivity index (χ2n) is 6.57. The van der Waals surface area contributed by atoms with Crippen molar-refractivity contribution in [1.29, 1.82) is 0 Å². The second kappa shape index (κ2) is 7.21. The van der Waals surface area contributed by atoms with Gasteiger partial charge in [-0.25, -0.2) is 9.59 Å². The highest BCUT2D eigenvalue weighted by molar-refractivity contribution is 6.21. The zero-order chi connectivity index (χ0) is 17.0. The maximum Gasteiger partial charge on any atom is 0.411 e. The van der Waals surface area contributed by atoms with Gasteiger partial charge in [-0.3, -0.25) is 4.90 Å². The van der Waals surface area contributed by atoms with Gasteiger partial charge in [0, 0.05) is 6.54 Å². The first-order chi connectivity index (χ1) is 10.8. The fraction of sp³-hybridized carbons (Fsp3) is 0.529. The molecule has 0 bridgehead atoms. The lowest BCUT2D eigenvalue weighted by Crippen LogP contribution is -2.44. The summed E-state index contributed by atoms with van der Waals surface area (Å²) < 4.78 is 10.7. The van der Waals surface area contributed by atoms with Crippen LogP contribution in [-0.2, 0) is 20.9 Å². The fourth-order valence-electron chi connectivity index (χ4n) is 2.36. The van der Waals surface area contributed by atoms with E-state index in [0.29, 0.717) is 6.42 Å². The molecule has 5 nitrogen and oxygen atoms in total. The molecule has 1 heterocycles. The number of rotatable bonds is 3. The first kappa shape index (κ1) is 17.6. The zero-order valence-corrected chi connectivity index (χ0v) is 14.4. The van der Waals surface area contributed by atoms with Gasteiger partial charge >= 0.3 is 12.1 Å². The normalized spacial score (nSPS) is 21.1. The first-order valence-corrected chi connectivity index (χ1v) is 8.04. The average molecular weight is 340 g/mol. The SMILES string of the molecule is CC(C)(C)OC(=O)N1C[C@@H](Cl)C[C@H]1C(=O)OCc1ccccc1. The molecular weight excluding hydrogens is 318 g/mol. The van der Waals surface area contributed by atoms with Crippen molar-refractivity contribution in [3.05, 3.63) is 35.9 Å². The predicted octanol–water partition coefficient (Wildman–Crippen LogP) is 3.35. The number of benzene rings is 1. The molecule has 6 heteroatoms. The van der Waals surface area contributed by atoms with E-state index >= 15 is 0 Å². The van der Waals surface area contributed by atoms with E-state index in [4.69, 9.17) is 21.1 Å². The Morgan fingerprint density at radius 3 is 2.52 bits per heavy atom. The van der Waals surface area contributed by atoms with E-state index in [0.717, 1.165) is 5.56 Å². The minimum Gasteiger partial charge on any atom is -0.459 e. The Labute approximate surface area is 141 Å². The van der Waals surface area contributed by atoms with Gasteiger partial charge in [0.15, 0.2) is 0 Å². The van der Waals surface area contributed by atoms with Gasteiger partial charge < -0.3 is 9.47 Å². The van der Waals surface area contributed by atoms with E-state index in [1.807, 2.05) is 30.3 Å². The average Bonchev–Trinajstić information content (AvgIpc) is 2.86. The van der Waals surface area contributed by atoms with Gasteiger partial charge in [-0.05, 0) is 32.8 Å². The van der Waals surface area contributed by atoms with Crippen molar-refractivity contribution < 1.29 is 19.1 Å². The molecule has 1 aliphatic heterocycles. The number of ether oxygens (including phenoxy) is 2. The fourth-order valence-corrected chi connectivity index (χ4v) is 2.67. The van der Waals surface area contributed by atoms with Crippen LogP contribution in [0.3, 0.4) is 0 Å². The van der Waals surface area contributed by atoms with Gasteiger partial charge in [0.1, 0.15) is 18.2 Å². The minimum absolute atomic E-state index is 0.172. The Kier molecular flexibility index (Phi) is 5.52. The van der Waals surface area contributed by atoms with Gasteiger partial charge in [-0.15, -0.1) is 11.6 Å². The number of carbonyl (C=O) groups excluding carboxylic acids is 2. The molecule has 0 N–H and O–H groups in total. The standard InChI is InChI=1S/C17H22ClNO4/c1-17(2,3)23-16(21)19-10-13(18)9-14(19)15(20)22-11-12-7-5-4-6-8-12/h4-8,13-14H,9-11H2,1-3H3/t13-,14-/m0/s1. The number of halogens is 1. The molecular formula is C17H22ClNO4. The molecule has 23 heavy (non-hydrogen) atoms. The predicted molar refractivity (Wildman–Crippen MR) is 87.2 cm³/mol. The van der Waals surface area contributed by atoms with Gasteiger partial charge in [0.25, 0.3) is 0 Å². The lowest BCUT2D eigenvalue weighted by Gasteiger charge is -2.27. The summed E-state index contributed by atoms with van der Waals surface area (Å²) in [7, 11) is 0. The first-order valence-electron chi connectivity index (χ1n) is 7.60. The van der Waals surface area contributed by atoms with Crippen LogP contribution in [-0.4, -0.2) is 40.5 Å². The van der Waals surface area contributed by atoms with E-state index < -0.39 is 23.7 Å². The summed E-state index contributed by atoms with van der Waals surface area (Å²) in [5.41, 5.74) is 0.269. The van der Waals surface area contributed by atoms with E-state index in [2.05, 4.69) is 0 Å². The number of carbonyl (C=O) groups is 2. The van der Waals surface area contributed by atoms with Crippen LogP contribution in [0.4, 0.5) is 4.79 Å². The number of esters is 1. The van der Waals surface area contributed by atoms with Gasteiger partial charge in [0.05, 0.1) is 5.38 Å². The van der Waals surface area contributed by atoms with E-state index in [1.54, 1.807) is 20.8 Å². The van der Waals surface area contributed by atoms with Crippen LogP contribution in [0.25, 0.3) is 0 Å². The van der Waals surface area contributed by atoms with Crippen molar-refractivity contribution in [2.24, 2.45) is 0 Å². The van der Waals surface area contributed by atoms with Gasteiger partial charge in [-0.1, -0.05) is 30.3 Å². The van der Waals surface area contributed by atoms with Gasteiger partial charge in [0.2, 0.25) is 0 Å². The lowest BCUT2D eigenvalue weighted by atomic mass is 10.2. The zero-order valence-electron chi connectivity index (χ0n) is 13.6. The molecule has 0 spiro atoms. The molecule has 0 aliphatic carbocycles. The summed E-state index contributed by atoms with van der Waals surface area (Å²) >= 11 is 6.12. The maximum absolute atomic E-state index is 12.3. The lowest BCUT2D eigenvalue weighted by molar-refractivity contribution is -0.150. The molecule has 2 rings (SSSR count). The van der Waals surface area contributed by atoms with Crippen LogP contribution in [0.5, 0.6) is 0 Å². The Morgan fingerprint density at radius 2 is 1.91 bits per heavy atom. The summed E-state index contributed by atoms with van der Waals surface area (Å²) in [5.74, 6) is -0.456. The molecule has 126 valence electrons. The largest absolute Gasteiger partial charge is 0.459 e. The van der Waals surface area contributed by atoms with Crippen LogP contribution < -0.4 is 0 Å². The monoisotopic (exact) mass is 339 g/mol. The number of alkyl halides is 1. The molecule has 0 aromatic heterocycles. The highest BCUT2D eigenvalue weighted by Gasteiger charge is 2.41. The molecule has 0 saturated carbocycles. The Balaban J connectivity index is 1.98. The van der Waals surface area contributed by atoms with Gasteiger partial charge in [-0.2, -0.15) is 0 Å². The molecule has 1 amide bonds. The molecule has 0 radical (unpaired) electrons. The third-order valence-corrected chi connectivity index (χ3v) is 3.69. The number of nitrogens with zero attached hydrogens (tertiary/aromatic N) is 1. The summed E-state index contributed by atoms with van der Waals surface area (Å²) in [5, 5.41) is -0.281. The molecule has 1 aromatic carbocycles. The van der Waals surface area contributed by atoms with Crippen molar-refractivity contribution in [3.8, 4) is 0 Å². The van der Waals surface area contributed by atoms with Crippen molar-refractivity contribution in [2.75, 3.05) is 6.54 Å². The number of hydrogen-bond acceptors (Lipinski definition) is 4. The Hall–Kier alpha value is -1.75. The third-order valence-electron chi connectivity index (χ3n) is 3.37. The number of amides is 1. The highest BCUT2D eigenvalue weighted by Crippen LogP contribution is 2.25. The molecule has 1 aromatic rings. The molecule has 1 aliphatic rings. The molecule has 0 unspecified atom stereocenters. The second-order valence-corrected chi connectivity index (χ2v) is 7.19. The van der Waals surface area contributed by atoms with Crippen molar-refractivity contribution in [1.82, 2.24) is 4.90 Å². The quantitative estimate of drug-likeness (QED) is 0.626. The van der Waals surface area contributed by atoms with Crippen LogP contribution in [0, 0.1) is 0 Å². The third kappa shape index (κ3) is 5.13. The van der Waals surface area contributed by atoms with Crippen molar-refractivity contribution in [2.45, 2.75) is 50.8 Å². The van der Waals surface area contributed by atoms with E-state index in [-0.39, 0.29) is 18.5 Å². The topological polar surface area (TPSA) is 55.8 Å². The van der Waals surface area contributed by atoms with E-state index in [9.17, 15) is 9.59 Å². The highest BCUT2D eigenvalue weighted by atomic mass is 35.5. The minimum atomic E-state index is -0.698. The van der Waals surface area contributed by atoms with Crippen molar-refractivity contribution in [3.63, 3.8) is 0 Å². The number of hydrogen-bond donors (Lipinski definition) is 0. The molecule has 2 atom stereocenters. The summed E-state index contributed by atoms with van der Waals surface area (Å²) in [6, 6.07) is 8.69. The maximum atomic E-state index is 12.3. The van der Waals surface area contributed by atoms with Crippen molar-refractivity contribution >= 4 is 23.7 Å². The Morgan fingerprint density at radius 1 is 1.26 bits per heavy atom. The van der Waals surface area contributed by atoms with Crippen LogP contribution >= 0.6 is 11.6 Å². The van der Waals surface area contributed by atoms with Crippen LogP contribution in [0.15, 0.2) is 30.3 Å².